The Balaban J connectivity index is 0.000000541. The highest BCUT2D eigenvalue weighted by Gasteiger charge is 2.20. The van der Waals surface area contributed by atoms with E-state index >= 15 is 0 Å². The van der Waals surface area contributed by atoms with Crippen molar-refractivity contribution >= 4 is 34.6 Å². The standard InChI is InChI=1S/C12H19N3.C9H19N5.C2H6.CH3Cl/c1-3-14-7-8-15(4-2)12-9-10(13)5-6-11(12)14;10-3-1-5-13-7-8-14(9(13)12)6-2-4-11;2*1-2/h5-6,9H,3-4,7-8,13H2,1-2H3;7-8,12H,1-6,10-11H2;1-2H3;1H3/p+2. The van der Waals surface area contributed by atoms with Gasteiger partial charge in [0.05, 0.1) is 43.4 Å². The molecule has 0 unspecified atom stereocenters. The molecule has 0 spiro atoms. The molecule has 2 heterocycles. The topological polar surface area (TPSA) is 121 Å². The van der Waals surface area contributed by atoms with Crippen LogP contribution in [0.3, 0.4) is 0 Å². The van der Waals surface area contributed by atoms with Gasteiger partial charge in [0.2, 0.25) is 0 Å². The van der Waals surface area contributed by atoms with Gasteiger partial charge in [-0.15, -0.1) is 11.6 Å². The Morgan fingerprint density at radius 2 is 1.61 bits per heavy atom. The van der Waals surface area contributed by atoms with Crippen LogP contribution < -0.4 is 37.3 Å². The molecule has 1 aromatic heterocycles. The molecule has 3 rings (SSSR count). The molecular formula is C24H49ClN8+2. The van der Waals surface area contributed by atoms with E-state index < -0.39 is 0 Å². The van der Waals surface area contributed by atoms with Crippen molar-refractivity contribution in [1.82, 2.24) is 4.57 Å². The van der Waals surface area contributed by atoms with E-state index in [1.54, 1.807) is 0 Å². The van der Waals surface area contributed by atoms with Crippen LogP contribution >= 0.6 is 11.6 Å². The van der Waals surface area contributed by atoms with Crippen LogP contribution in [-0.2, 0) is 13.1 Å². The van der Waals surface area contributed by atoms with E-state index in [0.717, 1.165) is 70.3 Å². The summed E-state index contributed by atoms with van der Waals surface area (Å²) in [4.78, 5) is 4.79. The summed E-state index contributed by atoms with van der Waals surface area (Å²) in [5.41, 5.74) is 24.5. The van der Waals surface area contributed by atoms with Crippen molar-refractivity contribution < 1.29 is 10.3 Å². The van der Waals surface area contributed by atoms with E-state index in [4.69, 9.17) is 17.2 Å². The highest BCUT2D eigenvalue weighted by atomic mass is 35.5. The summed E-state index contributed by atoms with van der Waals surface area (Å²) in [6.45, 7) is 16.2. The van der Waals surface area contributed by atoms with Crippen LogP contribution in [-0.4, -0.2) is 50.2 Å². The SMILES string of the molecule is CC.CCN1CCN(CC)c2cc(N)ccc21.CCl.NCCCn1cc[n+](CCC[NH3+])c1N. The highest BCUT2D eigenvalue weighted by molar-refractivity contribution is 6.15. The highest BCUT2D eigenvalue weighted by Crippen LogP contribution is 2.34. The van der Waals surface area contributed by atoms with E-state index in [1.807, 2.05) is 36.9 Å². The number of nitrogens with two attached hydrogens (primary N) is 3. The molecule has 0 saturated carbocycles. The number of hydrogen-bond acceptors (Lipinski definition) is 5. The number of quaternary nitrogens is 1. The Labute approximate surface area is 206 Å². The van der Waals surface area contributed by atoms with Gasteiger partial charge in [0.15, 0.2) is 0 Å². The number of nitrogen functional groups attached to an aromatic ring is 2. The second-order valence-corrected chi connectivity index (χ2v) is 7.30. The monoisotopic (exact) mass is 484 g/mol. The zero-order valence-electron chi connectivity index (χ0n) is 21.6. The predicted octanol–water partition coefficient (Wildman–Crippen LogP) is 2.15. The number of aryl methyl sites for hydroxylation is 2. The zero-order valence-corrected chi connectivity index (χ0v) is 22.3. The molecule has 1 aliphatic heterocycles. The van der Waals surface area contributed by atoms with E-state index in [1.165, 1.54) is 17.8 Å². The minimum absolute atomic E-state index is 0.705. The van der Waals surface area contributed by atoms with Gasteiger partial charge in [0, 0.05) is 44.7 Å². The van der Waals surface area contributed by atoms with E-state index in [9.17, 15) is 0 Å². The quantitative estimate of drug-likeness (QED) is 0.260. The normalized spacial score (nSPS) is 11.9. The van der Waals surface area contributed by atoms with Gasteiger partial charge in [0.25, 0.3) is 0 Å². The lowest BCUT2D eigenvalue weighted by atomic mass is 10.1. The smallest absolute Gasteiger partial charge is 0.355 e. The third-order valence-electron chi connectivity index (χ3n) is 5.35. The lowest BCUT2D eigenvalue weighted by molar-refractivity contribution is -0.684. The summed E-state index contributed by atoms with van der Waals surface area (Å²) in [6.07, 6.45) is 7.53. The van der Waals surface area contributed by atoms with Gasteiger partial charge in [-0.3, -0.25) is 5.73 Å². The molecule has 0 atom stereocenters. The van der Waals surface area contributed by atoms with Crippen molar-refractivity contribution in [3.8, 4) is 0 Å². The fourth-order valence-corrected chi connectivity index (χ4v) is 3.60. The van der Waals surface area contributed by atoms with Crippen LogP contribution in [0.4, 0.5) is 23.0 Å². The maximum atomic E-state index is 5.95. The fourth-order valence-electron chi connectivity index (χ4n) is 3.60. The van der Waals surface area contributed by atoms with Crippen molar-refractivity contribution in [3.05, 3.63) is 30.6 Å². The molecule has 1 aromatic carbocycles. The first kappa shape index (κ1) is 30.8. The van der Waals surface area contributed by atoms with Crippen molar-refractivity contribution in [1.29, 1.82) is 0 Å². The molecule has 33 heavy (non-hydrogen) atoms. The maximum absolute atomic E-state index is 5.95. The van der Waals surface area contributed by atoms with Crippen molar-refractivity contribution in [3.63, 3.8) is 0 Å². The number of nitrogens with zero attached hydrogens (tertiary/aromatic N) is 4. The lowest BCUT2D eigenvalue weighted by Gasteiger charge is -2.38. The van der Waals surface area contributed by atoms with Gasteiger partial charge in [-0.25, -0.2) is 9.13 Å². The van der Waals surface area contributed by atoms with Crippen molar-refractivity contribution in [2.24, 2.45) is 5.73 Å². The number of aromatic nitrogens is 2. The summed E-state index contributed by atoms with van der Waals surface area (Å²) in [6, 6.07) is 6.21. The second kappa shape index (κ2) is 18.3. The van der Waals surface area contributed by atoms with Crippen molar-refractivity contribution in [2.75, 3.05) is 66.9 Å². The molecule has 9 heteroatoms. The van der Waals surface area contributed by atoms with Gasteiger partial charge < -0.3 is 27.0 Å². The molecule has 0 amide bonds. The Morgan fingerprint density at radius 3 is 2.15 bits per heavy atom. The van der Waals surface area contributed by atoms with E-state index in [-0.39, 0.29) is 0 Å². The van der Waals surface area contributed by atoms with Crippen LogP contribution in [0.2, 0.25) is 0 Å². The van der Waals surface area contributed by atoms with Crippen LogP contribution in [0.25, 0.3) is 0 Å². The largest absolute Gasteiger partial charge is 0.399 e. The molecule has 8 nitrogen and oxygen atoms in total. The van der Waals surface area contributed by atoms with Gasteiger partial charge in [-0.2, -0.15) is 0 Å². The number of anilines is 4. The average Bonchev–Trinajstić information content (AvgIpc) is 3.22. The predicted molar refractivity (Wildman–Crippen MR) is 145 cm³/mol. The minimum atomic E-state index is 0.705. The molecular weight excluding hydrogens is 436 g/mol. The molecule has 190 valence electrons. The van der Waals surface area contributed by atoms with Crippen LogP contribution in [0, 0.1) is 0 Å². The lowest BCUT2D eigenvalue weighted by Crippen LogP contribution is -2.52. The summed E-state index contributed by atoms with van der Waals surface area (Å²) in [7, 11) is 0. The summed E-state index contributed by atoms with van der Waals surface area (Å²) < 4.78 is 4.09. The molecule has 2 aromatic rings. The third-order valence-corrected chi connectivity index (χ3v) is 5.35. The number of imidazole rings is 1. The second-order valence-electron chi connectivity index (χ2n) is 7.30. The summed E-state index contributed by atoms with van der Waals surface area (Å²) >= 11 is 4.64. The zero-order chi connectivity index (χ0) is 25.2. The fraction of sp³-hybridized carbons (Fsp3) is 0.625. The van der Waals surface area contributed by atoms with Gasteiger partial charge in [-0.1, -0.05) is 13.8 Å². The average molecular weight is 485 g/mol. The third kappa shape index (κ3) is 9.70. The summed E-state index contributed by atoms with van der Waals surface area (Å²) in [5, 5.41) is 0. The van der Waals surface area contributed by atoms with Crippen LogP contribution in [0.15, 0.2) is 30.6 Å². The number of likely N-dealkylation sites (N-methyl/N-ethyl adjacent to an activating group) is 2. The number of fused-ring (bicyclic) bond motifs is 1. The molecule has 0 saturated heterocycles. The van der Waals surface area contributed by atoms with Gasteiger partial charge in [-0.05, 0) is 45.0 Å². The van der Waals surface area contributed by atoms with Crippen LogP contribution in [0.1, 0.15) is 40.5 Å². The first-order chi connectivity index (χ1) is 16.0. The molecule has 9 N–H and O–H groups in total. The first-order valence-electron chi connectivity index (χ1n) is 12.2. The minimum Gasteiger partial charge on any atom is -0.399 e. The molecule has 0 bridgehead atoms. The molecule has 0 fully saturated rings. The van der Waals surface area contributed by atoms with Gasteiger partial charge in [0.1, 0.15) is 0 Å². The first-order valence-corrected chi connectivity index (χ1v) is 12.9. The Morgan fingerprint density at radius 1 is 1.00 bits per heavy atom. The maximum Gasteiger partial charge on any atom is 0.355 e. The molecule has 0 aliphatic carbocycles. The number of rotatable bonds is 8. The number of benzene rings is 1. The van der Waals surface area contributed by atoms with E-state index in [2.05, 4.69) is 57.7 Å². The Bertz CT molecular complexity index is 725. The molecule has 0 radical (unpaired) electrons. The Kier molecular flexibility index (Phi) is 17.1. The number of hydrogen-bond donors (Lipinski definition) is 4. The van der Waals surface area contributed by atoms with Gasteiger partial charge >= 0.3 is 5.95 Å². The van der Waals surface area contributed by atoms with Crippen molar-refractivity contribution in [2.45, 2.75) is 53.6 Å². The molecule has 1 aliphatic rings. The number of halogens is 1. The Hall–Kier alpha value is -2.16. The summed E-state index contributed by atoms with van der Waals surface area (Å²) in [5.74, 6) is 0.812. The van der Waals surface area contributed by atoms with E-state index in [0.29, 0.717) is 6.54 Å². The number of alkyl halides is 1. The van der Waals surface area contributed by atoms with Crippen LogP contribution in [0.5, 0.6) is 0 Å².